The summed E-state index contributed by atoms with van der Waals surface area (Å²) in [5.41, 5.74) is 3.04. The van der Waals surface area contributed by atoms with Crippen LogP contribution in [0.15, 0.2) is 70.9 Å². The van der Waals surface area contributed by atoms with E-state index < -0.39 is 0 Å². The molecule has 0 bridgehead atoms. The Morgan fingerprint density at radius 2 is 1.80 bits per heavy atom. The smallest absolute Gasteiger partial charge is 0.293 e. The number of nitrogens with zero attached hydrogens (tertiary/aromatic N) is 1. The molecule has 150 valence electrons. The van der Waals surface area contributed by atoms with Gasteiger partial charge in [0.15, 0.2) is 0 Å². The zero-order valence-corrected chi connectivity index (χ0v) is 17.8. The number of anilines is 1. The highest BCUT2D eigenvalue weighted by Crippen LogP contribution is 2.34. The Balaban J connectivity index is 1.43. The average Bonchev–Trinajstić information content (AvgIpc) is 3.34. The molecule has 1 N–H and O–H groups in total. The molecule has 0 spiro atoms. The first kappa shape index (κ1) is 20.1. The maximum atomic E-state index is 12.6. The van der Waals surface area contributed by atoms with Crippen molar-refractivity contribution in [3.05, 3.63) is 92.5 Å². The lowest BCUT2D eigenvalue weighted by atomic mass is 10.1. The SMILES string of the molecule is Cc1ccccc1NC(=O)c1ccc(CN2C(=O)S/C(=C\c3cccs3)C2=O)cc1. The monoisotopic (exact) mass is 434 g/mol. The molecule has 1 aromatic heterocycles. The highest BCUT2D eigenvalue weighted by molar-refractivity contribution is 8.18. The van der Waals surface area contributed by atoms with Gasteiger partial charge in [-0.3, -0.25) is 19.3 Å². The number of aryl methyl sites for hydroxylation is 1. The van der Waals surface area contributed by atoms with Crippen LogP contribution in [0.3, 0.4) is 0 Å². The minimum absolute atomic E-state index is 0.173. The maximum absolute atomic E-state index is 12.6. The lowest BCUT2D eigenvalue weighted by Gasteiger charge is -2.13. The van der Waals surface area contributed by atoms with Crippen molar-refractivity contribution in [3.8, 4) is 0 Å². The second kappa shape index (κ2) is 8.69. The summed E-state index contributed by atoms with van der Waals surface area (Å²) in [6.07, 6.45) is 1.74. The number of amides is 3. The summed E-state index contributed by atoms with van der Waals surface area (Å²) >= 11 is 2.47. The summed E-state index contributed by atoms with van der Waals surface area (Å²) in [6, 6.07) is 18.3. The van der Waals surface area contributed by atoms with Crippen LogP contribution < -0.4 is 5.32 Å². The molecule has 0 unspecified atom stereocenters. The number of carbonyl (C=O) groups is 3. The van der Waals surface area contributed by atoms with Crippen LogP contribution in [-0.2, 0) is 11.3 Å². The second-order valence-corrected chi connectivity index (χ2v) is 8.72. The molecule has 2 heterocycles. The third-order valence-electron chi connectivity index (χ3n) is 4.64. The van der Waals surface area contributed by atoms with Crippen LogP contribution in [0.1, 0.15) is 26.4 Å². The number of benzene rings is 2. The third-order valence-corrected chi connectivity index (χ3v) is 6.37. The second-order valence-electron chi connectivity index (χ2n) is 6.75. The molecule has 0 atom stereocenters. The van der Waals surface area contributed by atoms with Gasteiger partial charge in [0.1, 0.15) is 0 Å². The molecular formula is C23H18N2O3S2. The fourth-order valence-corrected chi connectivity index (χ4v) is 4.55. The summed E-state index contributed by atoms with van der Waals surface area (Å²) in [6.45, 7) is 2.11. The first-order valence-corrected chi connectivity index (χ1v) is 11.0. The molecule has 30 heavy (non-hydrogen) atoms. The van der Waals surface area contributed by atoms with E-state index >= 15 is 0 Å². The molecule has 1 aliphatic rings. The van der Waals surface area contributed by atoms with Gasteiger partial charge in [-0.05, 0) is 65.5 Å². The summed E-state index contributed by atoms with van der Waals surface area (Å²) in [7, 11) is 0. The number of rotatable bonds is 5. The van der Waals surface area contributed by atoms with Gasteiger partial charge in [0.05, 0.1) is 11.4 Å². The number of thioether (sulfide) groups is 1. The molecule has 1 aliphatic heterocycles. The zero-order valence-electron chi connectivity index (χ0n) is 16.1. The van der Waals surface area contributed by atoms with Crippen LogP contribution >= 0.6 is 23.1 Å². The number of para-hydroxylation sites is 1. The first-order chi connectivity index (χ1) is 14.5. The fraction of sp³-hybridized carbons (Fsp3) is 0.0870. The van der Waals surface area contributed by atoms with E-state index in [1.807, 2.05) is 48.7 Å². The number of carbonyl (C=O) groups excluding carboxylic acids is 3. The van der Waals surface area contributed by atoms with Crippen molar-refractivity contribution >= 4 is 51.9 Å². The van der Waals surface area contributed by atoms with Gasteiger partial charge in [0.2, 0.25) is 0 Å². The summed E-state index contributed by atoms with van der Waals surface area (Å²) in [5, 5.41) is 4.53. The maximum Gasteiger partial charge on any atom is 0.293 e. The lowest BCUT2D eigenvalue weighted by Crippen LogP contribution is -2.27. The van der Waals surface area contributed by atoms with Gasteiger partial charge >= 0.3 is 0 Å². The van der Waals surface area contributed by atoms with E-state index in [0.717, 1.165) is 33.5 Å². The minimum Gasteiger partial charge on any atom is -0.322 e. The number of hydrogen-bond acceptors (Lipinski definition) is 5. The van der Waals surface area contributed by atoms with Crippen LogP contribution in [0.5, 0.6) is 0 Å². The van der Waals surface area contributed by atoms with Crippen LogP contribution in [0.2, 0.25) is 0 Å². The van der Waals surface area contributed by atoms with E-state index in [2.05, 4.69) is 5.32 Å². The Morgan fingerprint density at radius 3 is 2.50 bits per heavy atom. The van der Waals surface area contributed by atoms with Crippen molar-refractivity contribution < 1.29 is 14.4 Å². The fourth-order valence-electron chi connectivity index (χ4n) is 2.99. The molecule has 0 aliphatic carbocycles. The number of imide groups is 1. The minimum atomic E-state index is -0.292. The van der Waals surface area contributed by atoms with Gasteiger partial charge in [0.25, 0.3) is 17.1 Å². The molecule has 1 fully saturated rings. The summed E-state index contributed by atoms with van der Waals surface area (Å²) in [4.78, 5) is 40.0. The molecule has 2 aromatic carbocycles. The topological polar surface area (TPSA) is 66.5 Å². The molecule has 3 aromatic rings. The number of thiophene rings is 1. The molecule has 0 saturated carbocycles. The highest BCUT2D eigenvalue weighted by atomic mass is 32.2. The van der Waals surface area contributed by atoms with E-state index in [1.54, 1.807) is 30.3 Å². The van der Waals surface area contributed by atoms with Gasteiger partial charge in [-0.25, -0.2) is 0 Å². The van der Waals surface area contributed by atoms with Crippen LogP contribution in [0, 0.1) is 6.92 Å². The van der Waals surface area contributed by atoms with Crippen molar-refractivity contribution in [2.45, 2.75) is 13.5 Å². The van der Waals surface area contributed by atoms with Crippen LogP contribution in [0.25, 0.3) is 6.08 Å². The molecule has 0 radical (unpaired) electrons. The Kier molecular flexibility index (Phi) is 5.83. The molecular weight excluding hydrogens is 416 g/mol. The lowest BCUT2D eigenvalue weighted by molar-refractivity contribution is -0.123. The molecule has 4 rings (SSSR count). The Morgan fingerprint density at radius 1 is 1.03 bits per heavy atom. The van der Waals surface area contributed by atoms with Crippen molar-refractivity contribution in [2.24, 2.45) is 0 Å². The van der Waals surface area contributed by atoms with Crippen molar-refractivity contribution in [1.82, 2.24) is 4.90 Å². The van der Waals surface area contributed by atoms with E-state index in [1.165, 1.54) is 16.2 Å². The number of nitrogens with one attached hydrogen (secondary N) is 1. The van der Waals surface area contributed by atoms with Crippen molar-refractivity contribution in [3.63, 3.8) is 0 Å². The molecule has 5 nitrogen and oxygen atoms in total. The summed E-state index contributed by atoms with van der Waals surface area (Å²) < 4.78 is 0. The van der Waals surface area contributed by atoms with Gasteiger partial charge in [0, 0.05) is 16.1 Å². The number of hydrogen-bond donors (Lipinski definition) is 1. The van der Waals surface area contributed by atoms with Gasteiger partial charge in [-0.2, -0.15) is 0 Å². The average molecular weight is 435 g/mol. The zero-order chi connectivity index (χ0) is 21.1. The van der Waals surface area contributed by atoms with E-state index in [9.17, 15) is 14.4 Å². The normalized spacial score (nSPS) is 15.1. The van der Waals surface area contributed by atoms with Gasteiger partial charge < -0.3 is 5.32 Å². The first-order valence-electron chi connectivity index (χ1n) is 9.26. The third kappa shape index (κ3) is 4.37. The standard InChI is InChI=1S/C23H18N2O3S2/c1-15-5-2-3-7-19(15)24-21(26)17-10-8-16(9-11-17)14-25-22(27)20(30-23(25)28)13-18-6-4-12-29-18/h2-13H,14H2,1H3,(H,24,26)/b20-13-. The van der Waals surface area contributed by atoms with Crippen LogP contribution in [0.4, 0.5) is 10.5 Å². The Hall–Kier alpha value is -3.16. The van der Waals surface area contributed by atoms with Gasteiger partial charge in [-0.1, -0.05) is 36.4 Å². The Labute approximate surface area is 182 Å². The van der Waals surface area contributed by atoms with Gasteiger partial charge in [-0.15, -0.1) is 11.3 Å². The predicted molar refractivity (Wildman–Crippen MR) is 121 cm³/mol. The highest BCUT2D eigenvalue weighted by Gasteiger charge is 2.35. The van der Waals surface area contributed by atoms with Crippen LogP contribution in [-0.4, -0.2) is 22.0 Å². The summed E-state index contributed by atoms with van der Waals surface area (Å²) in [5.74, 6) is -0.499. The molecule has 7 heteroatoms. The Bertz CT molecular complexity index is 1140. The van der Waals surface area contributed by atoms with Crippen molar-refractivity contribution in [2.75, 3.05) is 5.32 Å². The molecule has 3 amide bonds. The van der Waals surface area contributed by atoms with E-state index in [0.29, 0.717) is 10.5 Å². The van der Waals surface area contributed by atoms with E-state index in [-0.39, 0.29) is 23.6 Å². The van der Waals surface area contributed by atoms with E-state index in [4.69, 9.17) is 0 Å². The van der Waals surface area contributed by atoms with Crippen molar-refractivity contribution in [1.29, 1.82) is 0 Å². The largest absolute Gasteiger partial charge is 0.322 e. The molecule has 1 saturated heterocycles. The quantitative estimate of drug-likeness (QED) is 0.535. The predicted octanol–water partition coefficient (Wildman–Crippen LogP) is 5.55.